The molecule has 0 spiro atoms. The highest BCUT2D eigenvalue weighted by atomic mass is 32.1. The molecule has 184 valence electrons. The molecular weight excluding hydrogens is 477 g/mol. The van der Waals surface area contributed by atoms with Crippen LogP contribution in [-0.2, 0) is 0 Å². The standard InChI is InChI=1S/C29H26FNO4S/c1-17(2)12-18-13-23(21-16-36-29-20(21)6-5-7-22(29)30)31-24(14-18)26(33)10-9-25(32)19-8-11-27(34-3)28(15-19)35-4/h5-8,11-16H,9-10H2,1-4H3. The summed E-state index contributed by atoms with van der Waals surface area (Å²) in [4.78, 5) is 30.5. The zero-order valence-corrected chi connectivity index (χ0v) is 21.4. The first kappa shape index (κ1) is 25.3. The van der Waals surface area contributed by atoms with Crippen LogP contribution in [0.4, 0.5) is 4.39 Å². The second-order valence-corrected chi connectivity index (χ2v) is 9.45. The number of hydrogen-bond acceptors (Lipinski definition) is 6. The van der Waals surface area contributed by atoms with E-state index in [-0.39, 0.29) is 35.9 Å². The maximum atomic E-state index is 14.3. The van der Waals surface area contributed by atoms with E-state index in [1.54, 1.807) is 30.3 Å². The highest BCUT2D eigenvalue weighted by Crippen LogP contribution is 2.35. The van der Waals surface area contributed by atoms with Crippen molar-refractivity contribution in [3.05, 3.63) is 82.1 Å². The summed E-state index contributed by atoms with van der Waals surface area (Å²) in [6, 6.07) is 13.5. The Kier molecular flexibility index (Phi) is 7.60. The Hall–Kier alpha value is -3.84. The molecule has 2 aromatic carbocycles. The summed E-state index contributed by atoms with van der Waals surface area (Å²) < 4.78 is 25.3. The van der Waals surface area contributed by atoms with Crippen molar-refractivity contribution in [3.63, 3.8) is 0 Å². The molecule has 0 saturated heterocycles. The summed E-state index contributed by atoms with van der Waals surface area (Å²) in [7, 11) is 3.03. The van der Waals surface area contributed by atoms with Crippen LogP contribution in [0.5, 0.6) is 11.5 Å². The SMILES string of the molecule is COc1ccc(C(=O)CCC(=O)c2cc(C=C(C)C)cc(-c3csc4c(F)cccc34)n2)cc1OC. The summed E-state index contributed by atoms with van der Waals surface area (Å²) in [5.74, 6) is 0.284. The monoisotopic (exact) mass is 503 g/mol. The number of nitrogens with zero attached hydrogens (tertiary/aromatic N) is 1. The number of carbonyl (C=O) groups is 2. The minimum absolute atomic E-state index is 0.0108. The van der Waals surface area contributed by atoms with E-state index in [0.717, 1.165) is 22.1 Å². The molecule has 5 nitrogen and oxygen atoms in total. The fraction of sp³-hybridized carbons (Fsp3) is 0.207. The Morgan fingerprint density at radius 3 is 2.44 bits per heavy atom. The number of aromatic nitrogens is 1. The first-order valence-electron chi connectivity index (χ1n) is 11.4. The predicted molar refractivity (Wildman–Crippen MR) is 142 cm³/mol. The van der Waals surface area contributed by atoms with Gasteiger partial charge in [0.05, 0.1) is 24.6 Å². The van der Waals surface area contributed by atoms with Gasteiger partial charge in [0.1, 0.15) is 11.5 Å². The topological polar surface area (TPSA) is 65.5 Å². The molecule has 0 radical (unpaired) electrons. The maximum Gasteiger partial charge on any atom is 0.181 e. The van der Waals surface area contributed by atoms with Crippen LogP contribution in [0.3, 0.4) is 0 Å². The van der Waals surface area contributed by atoms with E-state index in [0.29, 0.717) is 27.5 Å². The van der Waals surface area contributed by atoms with Crippen LogP contribution in [0.25, 0.3) is 27.4 Å². The number of fused-ring (bicyclic) bond motifs is 1. The van der Waals surface area contributed by atoms with Gasteiger partial charge in [-0.2, -0.15) is 0 Å². The van der Waals surface area contributed by atoms with E-state index < -0.39 is 0 Å². The number of ether oxygens (including phenoxy) is 2. The summed E-state index contributed by atoms with van der Waals surface area (Å²) in [6.45, 7) is 3.94. The molecule has 0 aliphatic rings. The fourth-order valence-corrected chi connectivity index (χ4v) is 4.95. The van der Waals surface area contributed by atoms with Crippen molar-refractivity contribution < 1.29 is 23.5 Å². The predicted octanol–water partition coefficient (Wildman–Crippen LogP) is 7.39. The summed E-state index contributed by atoms with van der Waals surface area (Å²) >= 11 is 1.31. The molecule has 0 aliphatic heterocycles. The number of Topliss-reactive ketones (excluding diaryl/α,β-unsaturated/α-hetero) is 2. The molecule has 2 heterocycles. The number of ketones is 2. The summed E-state index contributed by atoms with van der Waals surface area (Å²) in [5.41, 5.74) is 3.97. The molecule has 7 heteroatoms. The van der Waals surface area contributed by atoms with Crippen molar-refractivity contribution in [1.82, 2.24) is 4.98 Å². The molecule has 36 heavy (non-hydrogen) atoms. The number of hydrogen-bond donors (Lipinski definition) is 0. The molecule has 0 saturated carbocycles. The molecule has 0 N–H and O–H groups in total. The molecule has 0 unspecified atom stereocenters. The van der Waals surface area contributed by atoms with E-state index in [4.69, 9.17) is 9.47 Å². The molecule has 2 aromatic heterocycles. The molecule has 0 amide bonds. The first-order valence-corrected chi connectivity index (χ1v) is 12.3. The van der Waals surface area contributed by atoms with Gasteiger partial charge in [-0.15, -0.1) is 11.3 Å². The highest BCUT2D eigenvalue weighted by Gasteiger charge is 2.17. The number of benzene rings is 2. The average Bonchev–Trinajstić information content (AvgIpc) is 3.31. The van der Waals surface area contributed by atoms with E-state index in [1.807, 2.05) is 37.4 Å². The van der Waals surface area contributed by atoms with E-state index in [9.17, 15) is 14.0 Å². The minimum Gasteiger partial charge on any atom is -0.493 e. The third-order valence-electron chi connectivity index (χ3n) is 5.70. The Labute approximate surface area is 213 Å². The van der Waals surface area contributed by atoms with Crippen LogP contribution < -0.4 is 9.47 Å². The number of rotatable bonds is 9. The number of carbonyl (C=O) groups excluding carboxylic acids is 2. The van der Waals surface area contributed by atoms with Crippen molar-refractivity contribution in [2.45, 2.75) is 26.7 Å². The van der Waals surface area contributed by atoms with Crippen LogP contribution in [0, 0.1) is 5.82 Å². The second kappa shape index (κ2) is 10.8. The Morgan fingerprint density at radius 2 is 1.72 bits per heavy atom. The van der Waals surface area contributed by atoms with Gasteiger partial charge in [0.25, 0.3) is 0 Å². The molecule has 0 bridgehead atoms. The lowest BCUT2D eigenvalue weighted by Gasteiger charge is -2.09. The zero-order chi connectivity index (χ0) is 25.8. The molecule has 4 rings (SSSR count). The number of allylic oxidation sites excluding steroid dienone is 1. The molecule has 0 atom stereocenters. The third-order valence-corrected chi connectivity index (χ3v) is 6.71. The number of pyridine rings is 1. The Balaban J connectivity index is 1.62. The van der Waals surface area contributed by atoms with Gasteiger partial charge in [-0.05, 0) is 55.8 Å². The van der Waals surface area contributed by atoms with Gasteiger partial charge in [-0.25, -0.2) is 9.37 Å². The lowest BCUT2D eigenvalue weighted by molar-refractivity contribution is 0.0915. The Morgan fingerprint density at radius 1 is 0.972 bits per heavy atom. The lowest BCUT2D eigenvalue weighted by Crippen LogP contribution is -2.08. The number of thiophene rings is 1. The normalized spacial score (nSPS) is 10.8. The zero-order valence-electron chi connectivity index (χ0n) is 20.6. The highest BCUT2D eigenvalue weighted by molar-refractivity contribution is 7.17. The van der Waals surface area contributed by atoms with Crippen molar-refractivity contribution in [3.8, 4) is 22.8 Å². The average molecular weight is 504 g/mol. The quantitative estimate of drug-likeness (QED) is 0.223. The number of halogens is 1. The first-order chi connectivity index (χ1) is 17.3. The third kappa shape index (κ3) is 5.36. The van der Waals surface area contributed by atoms with Gasteiger partial charge in [0, 0.05) is 34.7 Å². The second-order valence-electron chi connectivity index (χ2n) is 8.57. The molecule has 4 aromatic rings. The van der Waals surface area contributed by atoms with E-state index in [2.05, 4.69) is 4.98 Å². The lowest BCUT2D eigenvalue weighted by atomic mass is 10.0. The number of methoxy groups -OCH3 is 2. The van der Waals surface area contributed by atoms with Crippen molar-refractivity contribution in [2.24, 2.45) is 0 Å². The maximum absolute atomic E-state index is 14.3. The summed E-state index contributed by atoms with van der Waals surface area (Å²) in [6.07, 6.45) is 2.01. The smallest absolute Gasteiger partial charge is 0.181 e. The van der Waals surface area contributed by atoms with Gasteiger partial charge < -0.3 is 9.47 Å². The Bertz CT molecular complexity index is 1480. The molecule has 0 fully saturated rings. The summed E-state index contributed by atoms with van der Waals surface area (Å²) in [5, 5.41) is 2.61. The van der Waals surface area contributed by atoms with Gasteiger partial charge in [0.2, 0.25) is 0 Å². The van der Waals surface area contributed by atoms with Crippen molar-refractivity contribution in [1.29, 1.82) is 0 Å². The van der Waals surface area contributed by atoms with Gasteiger partial charge in [-0.3, -0.25) is 9.59 Å². The van der Waals surface area contributed by atoms with Crippen molar-refractivity contribution >= 4 is 39.1 Å². The van der Waals surface area contributed by atoms with Gasteiger partial charge in [0.15, 0.2) is 23.1 Å². The van der Waals surface area contributed by atoms with Gasteiger partial charge in [-0.1, -0.05) is 23.8 Å². The van der Waals surface area contributed by atoms with Crippen LogP contribution in [0.2, 0.25) is 0 Å². The van der Waals surface area contributed by atoms with Crippen LogP contribution in [0.1, 0.15) is 53.1 Å². The van der Waals surface area contributed by atoms with Gasteiger partial charge >= 0.3 is 0 Å². The molecular formula is C29H26FNO4S. The van der Waals surface area contributed by atoms with E-state index >= 15 is 0 Å². The van der Waals surface area contributed by atoms with Crippen LogP contribution in [-0.4, -0.2) is 30.8 Å². The van der Waals surface area contributed by atoms with Crippen molar-refractivity contribution in [2.75, 3.05) is 14.2 Å². The largest absolute Gasteiger partial charge is 0.493 e. The molecule has 0 aliphatic carbocycles. The fourth-order valence-electron chi connectivity index (χ4n) is 3.98. The minimum atomic E-state index is -0.283. The van der Waals surface area contributed by atoms with Crippen LogP contribution >= 0.6 is 11.3 Å². The van der Waals surface area contributed by atoms with E-state index in [1.165, 1.54) is 31.6 Å². The van der Waals surface area contributed by atoms with Crippen LogP contribution in [0.15, 0.2) is 59.5 Å².